The second kappa shape index (κ2) is 8.94. The van der Waals surface area contributed by atoms with Gasteiger partial charge in [-0.1, -0.05) is 12.1 Å². The van der Waals surface area contributed by atoms with Crippen molar-refractivity contribution in [3.05, 3.63) is 46.8 Å². The molecule has 1 atom stereocenters. The highest BCUT2D eigenvalue weighted by Gasteiger charge is 2.34. The number of alkyl halides is 3. The van der Waals surface area contributed by atoms with Crippen molar-refractivity contribution in [3.8, 4) is 5.75 Å². The molecule has 1 aliphatic heterocycles. The van der Waals surface area contributed by atoms with Crippen molar-refractivity contribution in [2.24, 2.45) is 5.92 Å². The molecule has 0 saturated carbocycles. The minimum Gasteiger partial charge on any atom is -0.406 e. The van der Waals surface area contributed by atoms with Gasteiger partial charge in [0, 0.05) is 24.5 Å². The van der Waals surface area contributed by atoms with Crippen LogP contribution in [-0.2, 0) is 21.4 Å². The van der Waals surface area contributed by atoms with Crippen molar-refractivity contribution in [1.82, 2.24) is 9.62 Å². The van der Waals surface area contributed by atoms with E-state index in [1.807, 2.05) is 6.92 Å². The van der Waals surface area contributed by atoms with Crippen molar-refractivity contribution < 1.29 is 31.1 Å². The van der Waals surface area contributed by atoms with Crippen LogP contribution in [0.5, 0.6) is 5.75 Å². The Morgan fingerprint density at radius 2 is 1.93 bits per heavy atom. The maximum Gasteiger partial charge on any atom is 0.573 e. The van der Waals surface area contributed by atoms with Gasteiger partial charge < -0.3 is 10.1 Å². The number of piperidine rings is 1. The number of ether oxygens (including phenoxy) is 1. The summed E-state index contributed by atoms with van der Waals surface area (Å²) >= 11 is 1.20. The molecule has 11 heteroatoms. The molecule has 1 N–H and O–H groups in total. The van der Waals surface area contributed by atoms with Gasteiger partial charge in [-0.3, -0.25) is 4.79 Å². The van der Waals surface area contributed by atoms with E-state index >= 15 is 0 Å². The minimum absolute atomic E-state index is 0.101. The molecule has 164 valence electrons. The molecular formula is C19H21F3N2O4S2. The van der Waals surface area contributed by atoms with E-state index in [1.165, 1.54) is 39.9 Å². The fourth-order valence-electron chi connectivity index (χ4n) is 3.20. The topological polar surface area (TPSA) is 75.7 Å². The number of aryl methyl sites for hydroxylation is 1. The van der Waals surface area contributed by atoms with Gasteiger partial charge in [0.2, 0.25) is 5.91 Å². The van der Waals surface area contributed by atoms with Gasteiger partial charge in [0.15, 0.2) is 0 Å². The zero-order chi connectivity index (χ0) is 21.9. The summed E-state index contributed by atoms with van der Waals surface area (Å²) < 4.78 is 67.6. The summed E-state index contributed by atoms with van der Waals surface area (Å²) in [5.74, 6) is -1.11. The van der Waals surface area contributed by atoms with E-state index in [2.05, 4.69) is 10.1 Å². The van der Waals surface area contributed by atoms with Gasteiger partial charge in [-0.05, 0) is 49.6 Å². The maximum atomic E-state index is 12.8. The van der Waals surface area contributed by atoms with Crippen LogP contribution >= 0.6 is 11.3 Å². The molecule has 0 radical (unpaired) electrons. The number of sulfonamides is 1. The number of carbonyl (C=O) groups is 1. The van der Waals surface area contributed by atoms with E-state index in [0.717, 1.165) is 4.88 Å². The number of hydrogen-bond acceptors (Lipinski definition) is 5. The Balaban J connectivity index is 1.57. The number of benzene rings is 1. The van der Waals surface area contributed by atoms with E-state index in [-0.39, 0.29) is 29.0 Å². The monoisotopic (exact) mass is 462 g/mol. The average molecular weight is 463 g/mol. The quantitative estimate of drug-likeness (QED) is 0.711. The Morgan fingerprint density at radius 1 is 1.23 bits per heavy atom. The molecule has 1 unspecified atom stereocenters. The third-order valence-electron chi connectivity index (χ3n) is 4.69. The lowest BCUT2D eigenvalue weighted by Gasteiger charge is -2.30. The number of halogens is 3. The van der Waals surface area contributed by atoms with Crippen LogP contribution in [0, 0.1) is 12.8 Å². The van der Waals surface area contributed by atoms with E-state index in [0.29, 0.717) is 24.9 Å². The van der Waals surface area contributed by atoms with Crippen LogP contribution < -0.4 is 10.1 Å². The molecule has 1 aromatic heterocycles. The lowest BCUT2D eigenvalue weighted by molar-refractivity contribution is -0.274. The van der Waals surface area contributed by atoms with E-state index in [9.17, 15) is 26.4 Å². The zero-order valence-electron chi connectivity index (χ0n) is 16.1. The number of hydrogen-bond donors (Lipinski definition) is 1. The summed E-state index contributed by atoms with van der Waals surface area (Å²) in [6.45, 7) is 2.42. The van der Waals surface area contributed by atoms with Gasteiger partial charge in [0.25, 0.3) is 10.0 Å². The molecule has 2 heterocycles. The van der Waals surface area contributed by atoms with Crippen LogP contribution in [0.15, 0.2) is 40.6 Å². The van der Waals surface area contributed by atoms with Crippen LogP contribution in [0.3, 0.4) is 0 Å². The smallest absolute Gasteiger partial charge is 0.406 e. The van der Waals surface area contributed by atoms with Crippen LogP contribution in [0.25, 0.3) is 0 Å². The molecule has 3 rings (SSSR count). The fraction of sp³-hybridized carbons (Fsp3) is 0.421. The van der Waals surface area contributed by atoms with Crippen molar-refractivity contribution in [3.63, 3.8) is 0 Å². The normalized spacial score (nSPS) is 18.2. The Kier molecular flexibility index (Phi) is 6.73. The summed E-state index contributed by atoms with van der Waals surface area (Å²) in [6, 6.07) is 8.53. The molecule has 1 aromatic carbocycles. The summed E-state index contributed by atoms with van der Waals surface area (Å²) in [4.78, 5) is 13.4. The van der Waals surface area contributed by atoms with E-state index < -0.39 is 22.3 Å². The highest BCUT2D eigenvalue weighted by atomic mass is 32.2. The molecule has 2 aromatic rings. The number of nitrogens with one attached hydrogen (secondary N) is 1. The second-order valence-electron chi connectivity index (χ2n) is 6.98. The first kappa shape index (κ1) is 22.6. The largest absolute Gasteiger partial charge is 0.573 e. The number of nitrogens with zero attached hydrogens (tertiary/aromatic N) is 1. The van der Waals surface area contributed by atoms with Gasteiger partial charge >= 0.3 is 6.36 Å². The third-order valence-corrected chi connectivity index (χ3v) is 8.02. The van der Waals surface area contributed by atoms with Gasteiger partial charge in [-0.15, -0.1) is 24.5 Å². The lowest BCUT2D eigenvalue weighted by atomic mass is 9.99. The van der Waals surface area contributed by atoms with E-state index in [4.69, 9.17) is 0 Å². The first-order chi connectivity index (χ1) is 14.0. The minimum atomic E-state index is -4.76. The Hall–Kier alpha value is -2.11. The van der Waals surface area contributed by atoms with Crippen molar-refractivity contribution in [2.45, 2.75) is 36.9 Å². The molecule has 6 nitrogen and oxygen atoms in total. The van der Waals surface area contributed by atoms with Crippen LogP contribution in [0.4, 0.5) is 13.2 Å². The van der Waals surface area contributed by atoms with Crippen molar-refractivity contribution >= 4 is 27.3 Å². The Bertz CT molecular complexity index is 988. The van der Waals surface area contributed by atoms with Crippen LogP contribution in [-0.4, -0.2) is 38.1 Å². The molecule has 0 bridgehead atoms. The van der Waals surface area contributed by atoms with Gasteiger partial charge in [0.1, 0.15) is 9.96 Å². The number of thiophene rings is 1. The first-order valence-electron chi connectivity index (χ1n) is 9.23. The highest BCUT2D eigenvalue weighted by Crippen LogP contribution is 2.28. The SMILES string of the molecule is Cc1ccc(S(=O)(=O)N2CCCC(C(=O)NCc3ccc(OC(F)(F)F)cc3)C2)s1. The average Bonchev–Trinajstić information content (AvgIpc) is 3.13. The molecule has 1 aliphatic rings. The van der Waals surface area contributed by atoms with Crippen LogP contribution in [0.2, 0.25) is 0 Å². The summed E-state index contributed by atoms with van der Waals surface area (Å²) in [5, 5.41) is 2.73. The molecule has 30 heavy (non-hydrogen) atoms. The fourth-order valence-corrected chi connectivity index (χ4v) is 6.16. The van der Waals surface area contributed by atoms with Crippen molar-refractivity contribution in [1.29, 1.82) is 0 Å². The van der Waals surface area contributed by atoms with Gasteiger partial charge in [0.05, 0.1) is 5.92 Å². The van der Waals surface area contributed by atoms with Gasteiger partial charge in [-0.25, -0.2) is 8.42 Å². The summed E-state index contributed by atoms with van der Waals surface area (Å²) in [5.41, 5.74) is 0.604. The predicted molar refractivity (Wildman–Crippen MR) is 106 cm³/mol. The highest BCUT2D eigenvalue weighted by molar-refractivity contribution is 7.91. The molecule has 1 amide bonds. The first-order valence-corrected chi connectivity index (χ1v) is 11.5. The van der Waals surface area contributed by atoms with Crippen LogP contribution in [0.1, 0.15) is 23.3 Å². The number of amides is 1. The molecule has 1 saturated heterocycles. The predicted octanol–water partition coefficient (Wildman–Crippen LogP) is 3.67. The second-order valence-corrected chi connectivity index (χ2v) is 10.4. The maximum absolute atomic E-state index is 12.8. The van der Waals surface area contributed by atoms with Gasteiger partial charge in [-0.2, -0.15) is 4.31 Å². The lowest BCUT2D eigenvalue weighted by Crippen LogP contribution is -2.45. The Labute approximate surface area is 176 Å². The number of rotatable bonds is 6. The number of carbonyl (C=O) groups excluding carboxylic acids is 1. The Morgan fingerprint density at radius 3 is 2.53 bits per heavy atom. The zero-order valence-corrected chi connectivity index (χ0v) is 17.7. The molecule has 0 aliphatic carbocycles. The molecular weight excluding hydrogens is 441 g/mol. The molecule has 0 spiro atoms. The van der Waals surface area contributed by atoms with Crippen molar-refractivity contribution in [2.75, 3.05) is 13.1 Å². The standard InChI is InChI=1S/C19H21F3N2O4S2/c1-13-4-9-17(29-13)30(26,27)24-10-2-3-15(12-24)18(25)23-11-14-5-7-16(8-6-14)28-19(20,21)22/h4-9,15H,2-3,10-12H2,1H3,(H,23,25). The van der Waals surface area contributed by atoms with E-state index in [1.54, 1.807) is 12.1 Å². The third kappa shape index (κ3) is 5.73. The molecule has 1 fully saturated rings. The summed E-state index contributed by atoms with van der Waals surface area (Å²) in [7, 11) is -3.63. The summed E-state index contributed by atoms with van der Waals surface area (Å²) in [6.07, 6.45) is -3.62.